The molecule has 0 aliphatic heterocycles. The van der Waals surface area contributed by atoms with Crippen LogP contribution in [0.3, 0.4) is 0 Å². The van der Waals surface area contributed by atoms with Crippen LogP contribution in [0.2, 0.25) is 5.02 Å². The molecule has 2 aromatic carbocycles. The van der Waals surface area contributed by atoms with Crippen molar-refractivity contribution in [1.82, 2.24) is 0 Å². The number of sulfonamides is 1. The van der Waals surface area contributed by atoms with Gasteiger partial charge in [0.05, 0.1) is 5.69 Å². The molecule has 0 atom stereocenters. The van der Waals surface area contributed by atoms with E-state index in [1.54, 1.807) is 18.2 Å². The minimum Gasteiger partial charge on any atom is -0.398 e. The summed E-state index contributed by atoms with van der Waals surface area (Å²) in [6.07, 6.45) is 2.01. The van der Waals surface area contributed by atoms with Crippen molar-refractivity contribution in [3.63, 3.8) is 0 Å². The number of aryl methyl sites for hydroxylation is 1. The highest BCUT2D eigenvalue weighted by atomic mass is 35.5. The van der Waals surface area contributed by atoms with Crippen molar-refractivity contribution in [3.8, 4) is 0 Å². The lowest BCUT2D eigenvalue weighted by Crippen LogP contribution is -2.14. The summed E-state index contributed by atoms with van der Waals surface area (Å²) in [4.78, 5) is -0.0207. The van der Waals surface area contributed by atoms with Crippen molar-refractivity contribution in [1.29, 1.82) is 0 Å². The van der Waals surface area contributed by atoms with Gasteiger partial charge in [-0.05, 0) is 42.3 Å². The molecule has 0 saturated heterocycles. The van der Waals surface area contributed by atoms with Gasteiger partial charge in [0, 0.05) is 10.7 Å². The highest BCUT2D eigenvalue weighted by Crippen LogP contribution is 2.25. The molecule has 0 spiro atoms. The Morgan fingerprint density at radius 3 is 2.43 bits per heavy atom. The molecule has 0 unspecified atom stereocenters. The van der Waals surface area contributed by atoms with Gasteiger partial charge < -0.3 is 5.73 Å². The first-order chi connectivity index (χ1) is 9.92. The second kappa shape index (κ2) is 6.37. The SMILES string of the molecule is CCCc1ccc(NS(=O)(=O)c2cc(Cl)ccc2N)cc1. The lowest BCUT2D eigenvalue weighted by molar-refractivity contribution is 0.601. The van der Waals surface area contributed by atoms with E-state index < -0.39 is 10.0 Å². The van der Waals surface area contributed by atoms with Crippen molar-refractivity contribution >= 4 is 33.0 Å². The molecular weight excluding hydrogens is 308 g/mol. The maximum atomic E-state index is 12.3. The summed E-state index contributed by atoms with van der Waals surface area (Å²) < 4.78 is 27.2. The zero-order valence-electron chi connectivity index (χ0n) is 11.6. The summed E-state index contributed by atoms with van der Waals surface area (Å²) in [7, 11) is -3.75. The van der Waals surface area contributed by atoms with Gasteiger partial charge in [0.2, 0.25) is 0 Å². The minimum absolute atomic E-state index is 0.0207. The monoisotopic (exact) mass is 324 g/mol. The minimum atomic E-state index is -3.75. The molecule has 0 aliphatic carbocycles. The third-order valence-corrected chi connectivity index (χ3v) is 4.68. The van der Waals surface area contributed by atoms with Crippen molar-refractivity contribution in [2.24, 2.45) is 0 Å². The van der Waals surface area contributed by atoms with E-state index in [1.807, 2.05) is 12.1 Å². The van der Waals surface area contributed by atoms with Crippen LogP contribution in [0.5, 0.6) is 0 Å². The number of rotatable bonds is 5. The first-order valence-corrected chi connectivity index (χ1v) is 8.45. The third-order valence-electron chi connectivity index (χ3n) is 3.01. The predicted molar refractivity (Wildman–Crippen MR) is 87.1 cm³/mol. The molecule has 21 heavy (non-hydrogen) atoms. The first kappa shape index (κ1) is 15.7. The van der Waals surface area contributed by atoms with E-state index >= 15 is 0 Å². The van der Waals surface area contributed by atoms with Crippen molar-refractivity contribution in [2.75, 3.05) is 10.5 Å². The van der Waals surface area contributed by atoms with Crippen LogP contribution >= 0.6 is 11.6 Å². The Bertz CT molecular complexity index is 728. The Hall–Kier alpha value is -1.72. The molecule has 0 fully saturated rings. The zero-order chi connectivity index (χ0) is 15.5. The zero-order valence-corrected chi connectivity index (χ0v) is 13.2. The predicted octanol–water partition coefficient (Wildman–Crippen LogP) is 3.68. The van der Waals surface area contributed by atoms with Crippen LogP contribution in [0.1, 0.15) is 18.9 Å². The molecular formula is C15H17ClN2O2S. The third kappa shape index (κ3) is 3.89. The molecule has 0 bridgehead atoms. The summed E-state index contributed by atoms with van der Waals surface area (Å²) in [6, 6.07) is 11.7. The van der Waals surface area contributed by atoms with E-state index in [2.05, 4.69) is 11.6 Å². The average Bonchev–Trinajstić information content (AvgIpc) is 2.43. The van der Waals surface area contributed by atoms with E-state index in [0.29, 0.717) is 10.7 Å². The molecule has 112 valence electrons. The largest absolute Gasteiger partial charge is 0.398 e. The van der Waals surface area contributed by atoms with E-state index in [0.717, 1.165) is 12.8 Å². The molecule has 0 saturated carbocycles. The Balaban J connectivity index is 2.26. The van der Waals surface area contributed by atoms with Crippen LogP contribution < -0.4 is 10.5 Å². The number of halogens is 1. The fourth-order valence-corrected chi connectivity index (χ4v) is 3.43. The number of hydrogen-bond donors (Lipinski definition) is 2. The van der Waals surface area contributed by atoms with Crippen molar-refractivity contribution in [2.45, 2.75) is 24.7 Å². The summed E-state index contributed by atoms with van der Waals surface area (Å²) in [5.41, 5.74) is 7.54. The van der Waals surface area contributed by atoms with Crippen LogP contribution in [-0.2, 0) is 16.4 Å². The molecule has 2 aromatic rings. The van der Waals surface area contributed by atoms with Crippen LogP contribution in [0.25, 0.3) is 0 Å². The number of nitrogens with two attached hydrogens (primary N) is 1. The molecule has 0 heterocycles. The quantitative estimate of drug-likeness (QED) is 0.824. The smallest absolute Gasteiger partial charge is 0.263 e. The van der Waals surface area contributed by atoms with Gasteiger partial charge in [0.25, 0.3) is 10.0 Å². The lowest BCUT2D eigenvalue weighted by atomic mass is 10.1. The Morgan fingerprint density at radius 1 is 1.14 bits per heavy atom. The van der Waals surface area contributed by atoms with Gasteiger partial charge in [-0.25, -0.2) is 8.42 Å². The van der Waals surface area contributed by atoms with Gasteiger partial charge in [-0.1, -0.05) is 37.1 Å². The first-order valence-electron chi connectivity index (χ1n) is 6.59. The highest BCUT2D eigenvalue weighted by molar-refractivity contribution is 7.92. The van der Waals surface area contributed by atoms with Crippen LogP contribution in [0.15, 0.2) is 47.4 Å². The summed E-state index contributed by atoms with van der Waals surface area (Å²) in [5, 5.41) is 0.322. The van der Waals surface area contributed by atoms with E-state index in [1.165, 1.54) is 17.7 Å². The number of nitrogens with one attached hydrogen (secondary N) is 1. The summed E-state index contributed by atoms with van der Waals surface area (Å²) in [5.74, 6) is 0. The van der Waals surface area contributed by atoms with Crippen LogP contribution in [0, 0.1) is 0 Å². The second-order valence-electron chi connectivity index (χ2n) is 4.73. The van der Waals surface area contributed by atoms with E-state index in [4.69, 9.17) is 17.3 Å². The number of benzene rings is 2. The Kier molecular flexibility index (Phi) is 4.75. The van der Waals surface area contributed by atoms with Crippen LogP contribution in [-0.4, -0.2) is 8.42 Å². The van der Waals surface area contributed by atoms with E-state index in [9.17, 15) is 8.42 Å². The van der Waals surface area contributed by atoms with Gasteiger partial charge in [-0.2, -0.15) is 0 Å². The van der Waals surface area contributed by atoms with Crippen LogP contribution in [0.4, 0.5) is 11.4 Å². The van der Waals surface area contributed by atoms with Gasteiger partial charge >= 0.3 is 0 Å². The fourth-order valence-electron chi connectivity index (χ4n) is 1.98. The maximum Gasteiger partial charge on any atom is 0.263 e. The highest BCUT2D eigenvalue weighted by Gasteiger charge is 2.18. The molecule has 2 rings (SSSR count). The van der Waals surface area contributed by atoms with Crippen molar-refractivity contribution < 1.29 is 8.42 Å². The second-order valence-corrected chi connectivity index (χ2v) is 6.82. The van der Waals surface area contributed by atoms with E-state index in [-0.39, 0.29) is 10.6 Å². The number of hydrogen-bond acceptors (Lipinski definition) is 3. The molecule has 0 amide bonds. The lowest BCUT2D eigenvalue weighted by Gasteiger charge is -2.11. The molecule has 4 nitrogen and oxygen atoms in total. The molecule has 0 aromatic heterocycles. The molecule has 6 heteroatoms. The maximum absolute atomic E-state index is 12.3. The Morgan fingerprint density at radius 2 is 1.81 bits per heavy atom. The van der Waals surface area contributed by atoms with Gasteiger partial charge in [0.1, 0.15) is 4.90 Å². The summed E-state index contributed by atoms with van der Waals surface area (Å²) in [6.45, 7) is 2.10. The van der Waals surface area contributed by atoms with Gasteiger partial charge in [-0.3, -0.25) is 4.72 Å². The molecule has 0 aliphatic rings. The van der Waals surface area contributed by atoms with Gasteiger partial charge in [0.15, 0.2) is 0 Å². The fraction of sp³-hybridized carbons (Fsp3) is 0.200. The summed E-state index contributed by atoms with van der Waals surface area (Å²) >= 11 is 5.83. The normalized spacial score (nSPS) is 11.3. The topological polar surface area (TPSA) is 72.2 Å². The average molecular weight is 325 g/mol. The Labute approximate surface area is 130 Å². The van der Waals surface area contributed by atoms with Gasteiger partial charge in [-0.15, -0.1) is 0 Å². The molecule has 0 radical (unpaired) electrons. The van der Waals surface area contributed by atoms with Crippen molar-refractivity contribution in [3.05, 3.63) is 53.1 Å². The number of nitrogen functional groups attached to an aromatic ring is 1. The molecule has 3 N–H and O–H groups in total. The standard InChI is InChI=1S/C15H17ClN2O2S/c1-2-3-11-4-7-13(8-5-11)18-21(19,20)15-10-12(16)6-9-14(15)17/h4-10,18H,2-3,17H2,1H3. The number of anilines is 2.